The lowest BCUT2D eigenvalue weighted by molar-refractivity contribution is 0.150. The third kappa shape index (κ3) is 3.32. The largest absolute Gasteiger partial charge is 0.291 e. The molecule has 12 heteroatoms. The zero-order valence-electron chi connectivity index (χ0n) is 13.2. The van der Waals surface area contributed by atoms with Crippen molar-refractivity contribution in [3.63, 3.8) is 0 Å². The van der Waals surface area contributed by atoms with Crippen molar-refractivity contribution in [2.24, 2.45) is 0 Å². The number of hydrogen-bond acceptors (Lipinski definition) is 7. The Kier molecular flexibility index (Phi) is 4.44. The molecule has 6 nitrogen and oxygen atoms in total. The summed E-state index contributed by atoms with van der Waals surface area (Å²) < 4.78 is 53.9. The van der Waals surface area contributed by atoms with E-state index in [0.717, 1.165) is 11.3 Å². The molecule has 2 aromatic heterocycles. The van der Waals surface area contributed by atoms with E-state index < -0.39 is 27.0 Å². The molecular weight excluding hydrogens is 438 g/mol. The number of aromatic nitrogens is 2. The topological polar surface area (TPSA) is 95.7 Å². The molecular formula is C15H9ClF2N4O2S3. The number of alkyl halides is 2. The molecule has 0 unspecified atom stereocenters. The van der Waals surface area contributed by atoms with E-state index >= 15 is 0 Å². The van der Waals surface area contributed by atoms with Gasteiger partial charge in [-0.25, -0.2) is 17.2 Å². The van der Waals surface area contributed by atoms with Gasteiger partial charge in [-0.15, -0.1) is 21.5 Å². The first-order chi connectivity index (χ1) is 12.7. The minimum Gasteiger partial charge on any atom is -0.207 e. The fourth-order valence-electron chi connectivity index (χ4n) is 2.50. The lowest BCUT2D eigenvalue weighted by Gasteiger charge is -2.11. The molecule has 0 saturated heterocycles. The van der Waals surface area contributed by atoms with Crippen molar-refractivity contribution in [1.29, 1.82) is 5.26 Å². The number of hydrogen-bond donors (Lipinski definition) is 1. The van der Waals surface area contributed by atoms with Gasteiger partial charge in [-0.1, -0.05) is 22.9 Å². The second-order valence-corrected chi connectivity index (χ2v) is 9.96. The maximum Gasteiger partial charge on any atom is 0.291 e. The van der Waals surface area contributed by atoms with Crippen LogP contribution in [0.3, 0.4) is 0 Å². The van der Waals surface area contributed by atoms with Crippen molar-refractivity contribution in [3.8, 4) is 16.6 Å². The van der Waals surface area contributed by atoms with Crippen molar-refractivity contribution in [1.82, 2.24) is 14.9 Å². The summed E-state index contributed by atoms with van der Waals surface area (Å²) in [5.41, 5.74) is -0.580. The molecule has 2 heterocycles. The van der Waals surface area contributed by atoms with Crippen LogP contribution in [-0.4, -0.2) is 24.2 Å². The Morgan fingerprint density at radius 2 is 2.07 bits per heavy atom. The zero-order valence-corrected chi connectivity index (χ0v) is 16.4. The average molecular weight is 447 g/mol. The van der Waals surface area contributed by atoms with Crippen molar-refractivity contribution in [3.05, 3.63) is 27.5 Å². The number of rotatable bonds is 5. The molecule has 0 bridgehead atoms. The van der Waals surface area contributed by atoms with Gasteiger partial charge in [0.2, 0.25) is 10.0 Å². The summed E-state index contributed by atoms with van der Waals surface area (Å²) >= 11 is 8.24. The summed E-state index contributed by atoms with van der Waals surface area (Å²) in [4.78, 5) is -0.0974. The molecule has 140 valence electrons. The quantitative estimate of drug-likeness (QED) is 0.628. The van der Waals surface area contributed by atoms with E-state index in [-0.39, 0.29) is 14.9 Å². The second kappa shape index (κ2) is 6.42. The molecule has 0 amide bonds. The Balaban J connectivity index is 1.81. The van der Waals surface area contributed by atoms with E-state index in [2.05, 4.69) is 14.9 Å². The molecule has 1 aliphatic rings. The molecule has 4 rings (SSSR count). The Morgan fingerprint density at radius 3 is 2.67 bits per heavy atom. The minimum atomic E-state index is -3.97. The number of benzene rings is 1. The molecule has 1 N–H and O–H groups in total. The Labute approximate surface area is 165 Å². The van der Waals surface area contributed by atoms with Crippen LogP contribution in [0.1, 0.15) is 24.3 Å². The summed E-state index contributed by atoms with van der Waals surface area (Å²) in [7, 11) is -3.97. The van der Waals surface area contributed by atoms with Gasteiger partial charge in [-0.2, -0.15) is 9.98 Å². The summed E-state index contributed by atoms with van der Waals surface area (Å²) in [5, 5.41) is 18.6. The van der Waals surface area contributed by atoms with E-state index in [9.17, 15) is 17.2 Å². The predicted octanol–water partition coefficient (Wildman–Crippen LogP) is 4.35. The van der Waals surface area contributed by atoms with Crippen molar-refractivity contribution < 1.29 is 17.2 Å². The highest BCUT2D eigenvalue weighted by molar-refractivity contribution is 7.89. The average Bonchev–Trinajstić information content (AvgIpc) is 3.03. The van der Waals surface area contributed by atoms with Gasteiger partial charge < -0.3 is 0 Å². The molecule has 27 heavy (non-hydrogen) atoms. The highest BCUT2D eigenvalue weighted by Gasteiger charge is 2.46. The van der Waals surface area contributed by atoms with Gasteiger partial charge in [0, 0.05) is 16.3 Å². The lowest BCUT2D eigenvalue weighted by Crippen LogP contribution is -2.35. The molecule has 3 aromatic rings. The van der Waals surface area contributed by atoms with Gasteiger partial charge in [-0.3, -0.25) is 0 Å². The first-order valence-corrected chi connectivity index (χ1v) is 11.1. The van der Waals surface area contributed by atoms with E-state index in [4.69, 9.17) is 16.9 Å². The van der Waals surface area contributed by atoms with Crippen LogP contribution in [-0.2, 0) is 10.0 Å². The second-order valence-electron chi connectivity index (χ2n) is 5.98. The number of halogens is 3. The number of nitriles is 1. The molecule has 1 fully saturated rings. The standard InChI is InChI=1S/C15H9ClF2N4O2S3/c16-10-4-7(27(23,24)22-15(6-19)1-2-15)3-8-9(5-25-11(8)10)13-20-21-14(26-13)12(17)18/h3-5,12,22H,1-2H2. The lowest BCUT2D eigenvalue weighted by atomic mass is 10.2. The maximum absolute atomic E-state index is 12.8. The smallest absolute Gasteiger partial charge is 0.207 e. The fourth-order valence-corrected chi connectivity index (χ4v) is 6.09. The maximum atomic E-state index is 12.8. The number of nitrogens with zero attached hydrogens (tertiary/aromatic N) is 3. The van der Waals surface area contributed by atoms with Crippen molar-refractivity contribution in [2.75, 3.05) is 0 Å². The van der Waals surface area contributed by atoms with E-state index in [0.29, 0.717) is 28.5 Å². The number of thiophene rings is 1. The third-order valence-corrected chi connectivity index (χ3v) is 7.98. The van der Waals surface area contributed by atoms with Crippen molar-refractivity contribution >= 4 is 54.4 Å². The van der Waals surface area contributed by atoms with Gasteiger partial charge in [-0.05, 0) is 25.0 Å². The van der Waals surface area contributed by atoms with Crippen LogP contribution in [0.2, 0.25) is 5.02 Å². The first-order valence-electron chi connectivity index (χ1n) is 7.53. The fraction of sp³-hybridized carbons (Fsp3) is 0.267. The monoisotopic (exact) mass is 446 g/mol. The highest BCUT2D eigenvalue weighted by atomic mass is 35.5. The van der Waals surface area contributed by atoms with E-state index in [1.54, 1.807) is 5.38 Å². The van der Waals surface area contributed by atoms with Crippen LogP contribution in [0.15, 0.2) is 22.4 Å². The van der Waals surface area contributed by atoms with Gasteiger partial charge in [0.25, 0.3) is 6.43 Å². The van der Waals surface area contributed by atoms with Crippen LogP contribution >= 0.6 is 34.3 Å². The zero-order chi connectivity index (χ0) is 19.4. The van der Waals surface area contributed by atoms with Crippen LogP contribution in [0, 0.1) is 11.3 Å². The molecule has 0 radical (unpaired) electrons. The summed E-state index contributed by atoms with van der Waals surface area (Å²) in [6.45, 7) is 0. The van der Waals surface area contributed by atoms with Crippen LogP contribution < -0.4 is 4.72 Å². The van der Waals surface area contributed by atoms with Crippen LogP contribution in [0.25, 0.3) is 20.7 Å². The summed E-state index contributed by atoms with van der Waals surface area (Å²) in [5.74, 6) is 0. The van der Waals surface area contributed by atoms with Gasteiger partial charge in [0.05, 0.1) is 20.7 Å². The van der Waals surface area contributed by atoms with Gasteiger partial charge in [0.1, 0.15) is 10.5 Å². The first kappa shape index (κ1) is 18.6. The molecule has 1 aliphatic carbocycles. The molecule has 0 atom stereocenters. The third-order valence-electron chi connectivity index (χ3n) is 4.06. The molecule has 0 aliphatic heterocycles. The van der Waals surface area contributed by atoms with Gasteiger partial charge in [0.15, 0.2) is 5.01 Å². The number of nitrogens with one attached hydrogen (secondary N) is 1. The van der Waals surface area contributed by atoms with E-state index in [1.807, 2.05) is 6.07 Å². The molecule has 0 spiro atoms. The summed E-state index contributed by atoms with van der Waals surface area (Å²) in [6.07, 6.45) is -1.83. The van der Waals surface area contributed by atoms with Crippen molar-refractivity contribution in [2.45, 2.75) is 29.7 Å². The molecule has 1 saturated carbocycles. The van der Waals surface area contributed by atoms with E-state index in [1.165, 1.54) is 23.5 Å². The summed E-state index contributed by atoms with van der Waals surface area (Å²) in [6, 6.07) is 4.69. The number of fused-ring (bicyclic) bond motifs is 1. The minimum absolute atomic E-state index is 0.0974. The Hall–Kier alpha value is -1.71. The Morgan fingerprint density at radius 1 is 1.33 bits per heavy atom. The van der Waals surface area contributed by atoms with Crippen LogP contribution in [0.4, 0.5) is 8.78 Å². The molecule has 1 aromatic carbocycles. The predicted molar refractivity (Wildman–Crippen MR) is 98.6 cm³/mol. The van der Waals surface area contributed by atoms with Crippen LogP contribution in [0.5, 0.6) is 0 Å². The Bertz CT molecular complexity index is 1200. The van der Waals surface area contributed by atoms with Gasteiger partial charge >= 0.3 is 0 Å². The SMILES string of the molecule is N#CC1(NS(=O)(=O)c2cc(Cl)c3scc(-c4nnc(C(F)F)s4)c3c2)CC1. The normalized spacial score (nSPS) is 16.0. The highest BCUT2D eigenvalue weighted by Crippen LogP contribution is 2.42. The number of sulfonamides is 1.